The van der Waals surface area contributed by atoms with E-state index < -0.39 is 0 Å². The Labute approximate surface area is 325 Å². The monoisotopic (exact) mass is 716 g/mol. The van der Waals surface area contributed by atoms with Gasteiger partial charge in [-0.2, -0.15) is 5.26 Å². The smallest absolute Gasteiger partial charge is 0.164 e. The van der Waals surface area contributed by atoms with Crippen molar-refractivity contribution >= 4 is 0 Å². The number of hydrogen-bond acceptors (Lipinski definition) is 6. The van der Waals surface area contributed by atoms with Gasteiger partial charge in [-0.3, -0.25) is 0 Å². The molecule has 9 aromatic rings. The van der Waals surface area contributed by atoms with Crippen LogP contribution in [0.1, 0.15) is 5.56 Å². The minimum Gasteiger partial charge on any atom is -0.228 e. The third kappa shape index (κ3) is 7.21. The molecule has 6 heteroatoms. The van der Waals surface area contributed by atoms with Gasteiger partial charge in [0.25, 0.3) is 0 Å². The fraction of sp³-hybridized carbons (Fsp3) is 0. The highest BCUT2D eigenvalue weighted by Gasteiger charge is 2.15. The Morgan fingerprint density at radius 1 is 0.268 bits per heavy atom. The topological polar surface area (TPSA) is 88.2 Å². The molecule has 0 fully saturated rings. The number of benzene rings is 7. The predicted octanol–water partition coefficient (Wildman–Crippen LogP) is 11.9. The van der Waals surface area contributed by atoms with Gasteiger partial charge in [0.1, 0.15) is 0 Å². The zero-order valence-corrected chi connectivity index (χ0v) is 30.2. The Bertz CT molecular complexity index is 2830. The molecule has 0 aliphatic carbocycles. The first-order chi connectivity index (χ1) is 27.7. The van der Waals surface area contributed by atoms with Gasteiger partial charge < -0.3 is 0 Å². The molecule has 2 aromatic heterocycles. The molecule has 262 valence electrons. The number of hydrogen-bond donors (Lipinski definition) is 0. The van der Waals surface area contributed by atoms with Gasteiger partial charge in [-0.05, 0) is 64.7 Å². The molecule has 0 unspecified atom stereocenters. The molecule has 7 aromatic carbocycles. The van der Waals surface area contributed by atoms with E-state index in [-0.39, 0.29) is 0 Å². The minimum absolute atomic E-state index is 0.541. The van der Waals surface area contributed by atoms with Gasteiger partial charge in [0.15, 0.2) is 23.3 Å². The molecule has 0 aliphatic heterocycles. The number of aromatic nitrogens is 5. The van der Waals surface area contributed by atoms with Crippen LogP contribution in [0.3, 0.4) is 0 Å². The lowest BCUT2D eigenvalue weighted by atomic mass is 9.99. The largest absolute Gasteiger partial charge is 0.228 e. The van der Waals surface area contributed by atoms with E-state index in [2.05, 4.69) is 109 Å². The maximum Gasteiger partial charge on any atom is 0.164 e. The second-order valence-electron chi connectivity index (χ2n) is 13.3. The van der Waals surface area contributed by atoms with E-state index in [1.807, 2.05) is 78.9 Å². The molecular formula is C50H32N6. The van der Waals surface area contributed by atoms with Crippen molar-refractivity contribution in [3.05, 3.63) is 200 Å². The Morgan fingerprint density at radius 2 is 0.625 bits per heavy atom. The van der Waals surface area contributed by atoms with Gasteiger partial charge in [0.2, 0.25) is 0 Å². The Kier molecular flexibility index (Phi) is 9.23. The van der Waals surface area contributed by atoms with E-state index in [0.29, 0.717) is 28.9 Å². The lowest BCUT2D eigenvalue weighted by Crippen LogP contribution is -2.00. The maximum atomic E-state index is 9.31. The van der Waals surface area contributed by atoms with E-state index in [0.717, 1.165) is 67.0 Å². The molecular weight excluding hydrogens is 685 g/mol. The van der Waals surface area contributed by atoms with Crippen LogP contribution in [0.15, 0.2) is 194 Å². The average molecular weight is 717 g/mol. The summed E-state index contributed by atoms with van der Waals surface area (Å²) in [5.74, 6) is 2.34. The maximum absolute atomic E-state index is 9.31. The van der Waals surface area contributed by atoms with Crippen LogP contribution >= 0.6 is 0 Å². The number of rotatable bonds is 8. The zero-order valence-electron chi connectivity index (χ0n) is 30.2. The van der Waals surface area contributed by atoms with Crippen LogP contribution in [0.4, 0.5) is 0 Å². The molecule has 6 nitrogen and oxygen atoms in total. The highest BCUT2D eigenvalue weighted by atomic mass is 15.0. The van der Waals surface area contributed by atoms with E-state index in [1.165, 1.54) is 0 Å². The Morgan fingerprint density at radius 3 is 1.18 bits per heavy atom. The molecule has 0 saturated heterocycles. The quantitative estimate of drug-likeness (QED) is 0.156. The molecule has 56 heavy (non-hydrogen) atoms. The van der Waals surface area contributed by atoms with E-state index in [1.54, 1.807) is 12.1 Å². The van der Waals surface area contributed by atoms with Gasteiger partial charge in [-0.15, -0.1) is 0 Å². The summed E-state index contributed by atoms with van der Waals surface area (Å²) in [6, 6.07) is 67.2. The zero-order chi connectivity index (χ0) is 37.7. The molecule has 9 rings (SSSR count). The van der Waals surface area contributed by atoms with Crippen molar-refractivity contribution in [1.29, 1.82) is 5.26 Å². The van der Waals surface area contributed by atoms with Crippen molar-refractivity contribution in [1.82, 2.24) is 24.9 Å². The predicted molar refractivity (Wildman–Crippen MR) is 224 cm³/mol. The molecule has 0 saturated carbocycles. The second-order valence-corrected chi connectivity index (χ2v) is 13.3. The second kappa shape index (κ2) is 15.2. The first kappa shape index (κ1) is 33.9. The van der Waals surface area contributed by atoms with Crippen LogP contribution in [0.2, 0.25) is 0 Å². The molecule has 0 bridgehead atoms. The third-order valence-electron chi connectivity index (χ3n) is 9.60. The van der Waals surface area contributed by atoms with Crippen LogP contribution in [0.5, 0.6) is 0 Å². The van der Waals surface area contributed by atoms with Gasteiger partial charge in [-0.1, -0.05) is 152 Å². The molecule has 2 heterocycles. The molecule has 0 atom stereocenters. The van der Waals surface area contributed by atoms with Crippen LogP contribution in [-0.2, 0) is 0 Å². The van der Waals surface area contributed by atoms with Crippen LogP contribution in [-0.4, -0.2) is 24.9 Å². The first-order valence-electron chi connectivity index (χ1n) is 18.3. The Hall–Kier alpha value is -7.88. The minimum atomic E-state index is 0.541. The van der Waals surface area contributed by atoms with E-state index in [9.17, 15) is 5.26 Å². The standard InChI is InChI=1S/C50H32N6/c51-33-34-22-24-39(25-23-34)48-54-47(38-16-8-3-9-17-38)55-49(56-48)40-28-26-36(27-29-40)42-19-11-21-44(31-42)50-52-45(37-14-6-2-7-15-37)32-46(53-50)43-20-10-18-41(30-43)35-12-4-1-5-13-35/h1-32H. The summed E-state index contributed by atoms with van der Waals surface area (Å²) in [5, 5.41) is 9.31. The summed E-state index contributed by atoms with van der Waals surface area (Å²) in [4.78, 5) is 24.8. The van der Waals surface area contributed by atoms with Crippen LogP contribution < -0.4 is 0 Å². The fourth-order valence-electron chi connectivity index (χ4n) is 6.66. The van der Waals surface area contributed by atoms with Crippen molar-refractivity contribution < 1.29 is 0 Å². The van der Waals surface area contributed by atoms with Crippen LogP contribution in [0, 0.1) is 11.3 Å². The molecule has 0 spiro atoms. The van der Waals surface area contributed by atoms with Crippen molar-refractivity contribution in [2.75, 3.05) is 0 Å². The SMILES string of the molecule is N#Cc1ccc(-c2nc(-c3ccccc3)nc(-c3ccc(-c4cccc(-c5nc(-c6ccccc6)cc(-c6cccc(-c7ccccc7)c6)n5)c4)cc3)n2)cc1. The lowest BCUT2D eigenvalue weighted by molar-refractivity contribution is 1.07. The summed E-state index contributed by atoms with van der Waals surface area (Å²) in [5.41, 5.74) is 12.2. The highest BCUT2D eigenvalue weighted by molar-refractivity contribution is 5.78. The van der Waals surface area contributed by atoms with Crippen molar-refractivity contribution in [2.45, 2.75) is 0 Å². The van der Waals surface area contributed by atoms with Crippen molar-refractivity contribution in [2.24, 2.45) is 0 Å². The number of nitriles is 1. The molecule has 0 aliphatic rings. The third-order valence-corrected chi connectivity index (χ3v) is 9.60. The highest BCUT2D eigenvalue weighted by Crippen LogP contribution is 2.33. The number of nitrogens with zero attached hydrogens (tertiary/aromatic N) is 6. The van der Waals surface area contributed by atoms with Crippen LogP contribution in [0.25, 0.3) is 90.3 Å². The van der Waals surface area contributed by atoms with Gasteiger partial charge in [0.05, 0.1) is 23.0 Å². The summed E-state index contributed by atoms with van der Waals surface area (Å²) < 4.78 is 0. The molecule has 0 radical (unpaired) electrons. The average Bonchev–Trinajstić information content (AvgIpc) is 3.30. The van der Waals surface area contributed by atoms with E-state index in [4.69, 9.17) is 24.9 Å². The first-order valence-corrected chi connectivity index (χ1v) is 18.3. The van der Waals surface area contributed by atoms with E-state index >= 15 is 0 Å². The summed E-state index contributed by atoms with van der Waals surface area (Å²) in [7, 11) is 0. The Balaban J connectivity index is 1.07. The lowest BCUT2D eigenvalue weighted by Gasteiger charge is -2.12. The molecule has 0 amide bonds. The van der Waals surface area contributed by atoms with Crippen molar-refractivity contribution in [3.63, 3.8) is 0 Å². The van der Waals surface area contributed by atoms with Gasteiger partial charge in [-0.25, -0.2) is 24.9 Å². The summed E-state index contributed by atoms with van der Waals surface area (Å²) in [6.07, 6.45) is 0. The normalized spacial score (nSPS) is 10.8. The summed E-state index contributed by atoms with van der Waals surface area (Å²) in [6.45, 7) is 0. The van der Waals surface area contributed by atoms with Crippen molar-refractivity contribution in [3.8, 4) is 96.4 Å². The van der Waals surface area contributed by atoms with Gasteiger partial charge in [0, 0.05) is 33.4 Å². The summed E-state index contributed by atoms with van der Waals surface area (Å²) >= 11 is 0. The fourth-order valence-corrected chi connectivity index (χ4v) is 6.66. The molecule has 0 N–H and O–H groups in total. The van der Waals surface area contributed by atoms with Gasteiger partial charge >= 0.3 is 0 Å².